The molecule has 0 saturated heterocycles. The first-order valence-corrected chi connectivity index (χ1v) is 3.75. The summed E-state index contributed by atoms with van der Waals surface area (Å²) in [6.07, 6.45) is -5.62. The molecule has 0 bridgehead atoms. The fourth-order valence-corrected chi connectivity index (χ4v) is 0.838. The molecule has 0 aromatic carbocycles. The summed E-state index contributed by atoms with van der Waals surface area (Å²) in [5, 5.41) is 0. The van der Waals surface area contributed by atoms with Gasteiger partial charge in [-0.2, -0.15) is 13.2 Å². The van der Waals surface area contributed by atoms with Gasteiger partial charge in [0.2, 0.25) is 0 Å². The third-order valence-corrected chi connectivity index (χ3v) is 1.94. The summed E-state index contributed by atoms with van der Waals surface area (Å²) in [5.41, 5.74) is -1.11. The van der Waals surface area contributed by atoms with Gasteiger partial charge in [-0.25, -0.2) is 0 Å². The van der Waals surface area contributed by atoms with Crippen molar-refractivity contribution in [1.82, 2.24) is 4.98 Å². The maximum atomic E-state index is 12.3. The molecule has 0 radical (unpaired) electrons. The maximum Gasteiger partial charge on any atom is 0.417 e. The molecule has 0 amide bonds. The summed E-state index contributed by atoms with van der Waals surface area (Å²) in [7, 11) is 0. The van der Waals surface area contributed by atoms with Gasteiger partial charge in [-0.15, -0.1) is 0 Å². The lowest BCUT2D eigenvalue weighted by Gasteiger charge is -2.06. The van der Waals surface area contributed by atoms with Crippen LogP contribution in [0.15, 0.2) is 16.7 Å². The molecule has 1 aromatic heterocycles. The molecular weight excluding hydrogens is 235 g/mol. The van der Waals surface area contributed by atoms with E-state index >= 15 is 0 Å². The number of halogens is 4. The molecule has 66 valence electrons. The lowest BCUT2D eigenvalue weighted by molar-refractivity contribution is -0.137. The Morgan fingerprint density at radius 2 is 2.17 bits per heavy atom. The van der Waals surface area contributed by atoms with Gasteiger partial charge >= 0.3 is 6.18 Å². The molecule has 1 aromatic rings. The van der Waals surface area contributed by atoms with E-state index in [0.29, 0.717) is 0 Å². The third-order valence-electron chi connectivity index (χ3n) is 1.17. The van der Waals surface area contributed by atoms with Gasteiger partial charge in [0.1, 0.15) is 0 Å². The van der Waals surface area contributed by atoms with E-state index in [1.807, 2.05) is 0 Å². The molecular formula is C7H5BrF3N. The molecule has 12 heavy (non-hydrogen) atoms. The first-order chi connectivity index (χ1) is 6.25. The van der Waals surface area contributed by atoms with Gasteiger partial charge in [-0.3, -0.25) is 4.98 Å². The first-order valence-electron chi connectivity index (χ1n) is 3.95. The second kappa shape index (κ2) is 3.05. The van der Waals surface area contributed by atoms with Gasteiger partial charge in [0.15, 0.2) is 0 Å². The summed E-state index contributed by atoms with van der Waals surface area (Å²) in [6.45, 7) is 1.43. The summed E-state index contributed by atoms with van der Waals surface area (Å²) in [6, 6.07) is -0.741. The molecule has 0 aliphatic rings. The lowest BCUT2D eigenvalue weighted by Crippen LogP contribution is -2.05. The van der Waals surface area contributed by atoms with E-state index in [0.717, 1.165) is 0 Å². The topological polar surface area (TPSA) is 12.9 Å². The molecule has 0 spiro atoms. The summed E-state index contributed by atoms with van der Waals surface area (Å²) >= 11 is 2.82. The van der Waals surface area contributed by atoms with Crippen molar-refractivity contribution in [2.45, 2.75) is 13.1 Å². The molecule has 0 aliphatic carbocycles. The van der Waals surface area contributed by atoms with Crippen molar-refractivity contribution in [2.75, 3.05) is 0 Å². The maximum absolute atomic E-state index is 12.3. The largest absolute Gasteiger partial charge is 0.417 e. The number of aromatic nitrogens is 1. The highest BCUT2D eigenvalue weighted by Gasteiger charge is 2.31. The Bertz CT molecular complexity index is 378. The normalized spacial score (nSPS) is 14.1. The van der Waals surface area contributed by atoms with E-state index in [4.69, 9.17) is 2.74 Å². The van der Waals surface area contributed by atoms with E-state index in [2.05, 4.69) is 20.9 Å². The monoisotopic (exact) mass is 241 g/mol. The zero-order chi connectivity index (χ0) is 11.1. The Hall–Kier alpha value is -0.580. The van der Waals surface area contributed by atoms with Gasteiger partial charge < -0.3 is 0 Å². The Balaban J connectivity index is 3.53. The van der Waals surface area contributed by atoms with Crippen LogP contribution in [-0.2, 0) is 6.18 Å². The summed E-state index contributed by atoms with van der Waals surface area (Å²) < 4.78 is 51.2. The van der Waals surface area contributed by atoms with Crippen molar-refractivity contribution in [3.63, 3.8) is 0 Å². The van der Waals surface area contributed by atoms with Gasteiger partial charge in [0, 0.05) is 10.6 Å². The van der Waals surface area contributed by atoms with Crippen LogP contribution in [0, 0.1) is 6.92 Å². The van der Waals surface area contributed by atoms with Crippen molar-refractivity contribution in [3.05, 3.63) is 27.9 Å². The van der Waals surface area contributed by atoms with Crippen LogP contribution in [0.2, 0.25) is 0 Å². The van der Waals surface area contributed by atoms with E-state index in [1.165, 1.54) is 6.92 Å². The number of alkyl halides is 3. The third kappa shape index (κ3) is 1.97. The molecule has 1 nitrogen and oxygen atoms in total. The minimum absolute atomic E-state index is 0.0270. The predicted molar refractivity (Wildman–Crippen MR) is 41.7 cm³/mol. The average molecular weight is 242 g/mol. The Morgan fingerprint density at radius 1 is 1.58 bits per heavy atom. The Morgan fingerprint density at radius 3 is 2.67 bits per heavy atom. The highest BCUT2D eigenvalue weighted by Crippen LogP contribution is 2.30. The second-order valence-electron chi connectivity index (χ2n) is 2.12. The van der Waals surface area contributed by atoms with Crippen LogP contribution in [-0.4, -0.2) is 4.98 Å². The molecule has 0 atom stereocenters. The van der Waals surface area contributed by atoms with Crippen LogP contribution in [0.25, 0.3) is 0 Å². The van der Waals surface area contributed by atoms with E-state index in [9.17, 15) is 13.2 Å². The molecule has 1 heterocycles. The molecule has 5 heteroatoms. The molecule has 1 rings (SSSR count). The van der Waals surface area contributed by atoms with E-state index in [-0.39, 0.29) is 10.2 Å². The highest BCUT2D eigenvalue weighted by molar-refractivity contribution is 9.10. The van der Waals surface area contributed by atoms with Crippen LogP contribution in [0.5, 0.6) is 0 Å². The van der Waals surface area contributed by atoms with Crippen molar-refractivity contribution in [3.8, 4) is 0 Å². The molecule has 0 saturated carbocycles. The zero-order valence-electron chi connectivity index (χ0n) is 7.96. The zero-order valence-corrected chi connectivity index (χ0v) is 7.55. The van der Waals surface area contributed by atoms with E-state index in [1.54, 1.807) is 0 Å². The van der Waals surface area contributed by atoms with Crippen LogP contribution >= 0.6 is 15.9 Å². The van der Waals surface area contributed by atoms with Crippen LogP contribution < -0.4 is 0 Å². The van der Waals surface area contributed by atoms with Crippen molar-refractivity contribution in [2.24, 2.45) is 0 Å². The van der Waals surface area contributed by atoms with Crippen molar-refractivity contribution in [1.29, 1.82) is 0 Å². The average Bonchev–Trinajstić information content (AvgIpc) is 1.97. The van der Waals surface area contributed by atoms with Crippen LogP contribution in [0.1, 0.15) is 14.0 Å². The van der Waals surface area contributed by atoms with Gasteiger partial charge in [0.25, 0.3) is 0 Å². The molecule has 0 unspecified atom stereocenters. The highest BCUT2D eigenvalue weighted by atomic mass is 79.9. The van der Waals surface area contributed by atoms with E-state index < -0.39 is 24.0 Å². The van der Waals surface area contributed by atoms with Crippen LogP contribution in [0.3, 0.4) is 0 Å². The minimum atomic E-state index is -4.71. The van der Waals surface area contributed by atoms with Gasteiger partial charge in [-0.05, 0) is 28.9 Å². The quantitative estimate of drug-likeness (QED) is 0.680. The SMILES string of the molecule is [2H]c1nc(C)c(Br)c([2H])c1C(F)(F)F. The second-order valence-corrected chi connectivity index (χ2v) is 2.91. The minimum Gasteiger partial charge on any atom is -0.260 e. The number of pyridine rings is 1. The molecule has 0 fully saturated rings. The number of rotatable bonds is 0. The number of hydrogen-bond acceptors (Lipinski definition) is 1. The van der Waals surface area contributed by atoms with Crippen molar-refractivity contribution >= 4 is 15.9 Å². The standard InChI is InChI=1S/C7H5BrF3N/c1-4-6(8)2-5(3-12-4)7(9,10)11/h2-3H,1H3/i2D,3D. The lowest BCUT2D eigenvalue weighted by atomic mass is 10.2. The fraction of sp³-hybridized carbons (Fsp3) is 0.286. The summed E-state index contributed by atoms with van der Waals surface area (Å²) in [5.74, 6) is 0. The van der Waals surface area contributed by atoms with Crippen molar-refractivity contribution < 1.29 is 15.9 Å². The number of nitrogens with zero attached hydrogens (tertiary/aromatic N) is 1. The fourth-order valence-electron chi connectivity index (χ4n) is 0.551. The molecule has 0 N–H and O–H groups in total. The number of aryl methyl sites for hydroxylation is 1. The smallest absolute Gasteiger partial charge is 0.260 e. The summed E-state index contributed by atoms with van der Waals surface area (Å²) in [4.78, 5) is 3.38. The van der Waals surface area contributed by atoms with Crippen LogP contribution in [0.4, 0.5) is 13.2 Å². The Labute approximate surface area is 78.6 Å². The number of hydrogen-bond donors (Lipinski definition) is 0. The predicted octanol–water partition coefficient (Wildman–Crippen LogP) is 3.17. The van der Waals surface area contributed by atoms with Gasteiger partial charge in [0.05, 0.1) is 14.0 Å². The van der Waals surface area contributed by atoms with Gasteiger partial charge in [-0.1, -0.05) is 0 Å². The first kappa shape index (κ1) is 6.88. The molecule has 0 aliphatic heterocycles. The Kier molecular flexibility index (Phi) is 1.75.